The smallest absolute Gasteiger partial charge is 0.159 e. The van der Waals surface area contributed by atoms with Crippen molar-refractivity contribution in [2.24, 2.45) is 10.7 Å². The fraction of sp³-hybridized carbons (Fsp3) is 0.235. The molecular weight excluding hydrogens is 296 g/mol. The quantitative estimate of drug-likeness (QED) is 0.501. The summed E-state index contributed by atoms with van der Waals surface area (Å²) in [5, 5.41) is 0.545. The number of benzene rings is 2. The molecule has 2 aromatic carbocycles. The minimum absolute atomic E-state index is 0.545. The summed E-state index contributed by atoms with van der Waals surface area (Å²) in [7, 11) is 1.64. The van der Waals surface area contributed by atoms with Crippen molar-refractivity contribution in [1.29, 1.82) is 0 Å². The standard InChI is InChI=1S/C17H20N2O2S/c1-13-4-3-5-14(12-13)19-17(18)22-11-10-21-16-8-6-15(20-2)7-9-16/h3-9,12H,10-11H2,1-2H3,(H2,18,19). The molecule has 0 atom stereocenters. The van der Waals surface area contributed by atoms with Gasteiger partial charge in [-0.15, -0.1) is 0 Å². The average molecular weight is 316 g/mol. The number of rotatable bonds is 6. The summed E-state index contributed by atoms with van der Waals surface area (Å²) in [4.78, 5) is 4.37. The van der Waals surface area contributed by atoms with Gasteiger partial charge in [0.15, 0.2) is 5.17 Å². The molecule has 2 rings (SSSR count). The summed E-state index contributed by atoms with van der Waals surface area (Å²) in [5.74, 6) is 2.37. The first kappa shape index (κ1) is 16.2. The van der Waals surface area contributed by atoms with E-state index in [9.17, 15) is 0 Å². The molecule has 0 unspecified atom stereocenters. The predicted octanol–water partition coefficient (Wildman–Crippen LogP) is 3.76. The first-order valence-corrected chi connectivity index (χ1v) is 7.96. The van der Waals surface area contributed by atoms with E-state index < -0.39 is 0 Å². The second-order valence-corrected chi connectivity index (χ2v) is 5.78. The third kappa shape index (κ3) is 5.33. The molecule has 0 saturated heterocycles. The number of nitrogens with two attached hydrogens (primary N) is 1. The summed E-state index contributed by atoms with van der Waals surface area (Å²) < 4.78 is 10.7. The van der Waals surface area contributed by atoms with Crippen LogP contribution < -0.4 is 15.2 Å². The summed E-state index contributed by atoms with van der Waals surface area (Å²) in [6.07, 6.45) is 0. The van der Waals surface area contributed by atoms with Gasteiger partial charge in [0.1, 0.15) is 11.5 Å². The Morgan fingerprint density at radius 1 is 1.14 bits per heavy atom. The van der Waals surface area contributed by atoms with Crippen molar-refractivity contribution in [3.05, 3.63) is 54.1 Å². The van der Waals surface area contributed by atoms with Crippen LogP contribution in [0.5, 0.6) is 11.5 Å². The number of aryl methyl sites for hydroxylation is 1. The maximum absolute atomic E-state index is 5.91. The molecule has 0 aromatic heterocycles. The Kier molecular flexibility index (Phi) is 6.15. The number of methoxy groups -OCH3 is 1. The van der Waals surface area contributed by atoms with E-state index >= 15 is 0 Å². The van der Waals surface area contributed by atoms with Crippen LogP contribution in [0.2, 0.25) is 0 Å². The van der Waals surface area contributed by atoms with Crippen molar-refractivity contribution in [1.82, 2.24) is 0 Å². The van der Waals surface area contributed by atoms with E-state index in [4.69, 9.17) is 15.2 Å². The van der Waals surface area contributed by atoms with Gasteiger partial charge < -0.3 is 15.2 Å². The molecule has 5 heteroatoms. The predicted molar refractivity (Wildman–Crippen MR) is 93.4 cm³/mol. The molecule has 22 heavy (non-hydrogen) atoms. The Hall–Kier alpha value is -2.14. The summed E-state index contributed by atoms with van der Waals surface area (Å²) >= 11 is 1.48. The molecule has 0 aliphatic heterocycles. The van der Waals surface area contributed by atoms with Gasteiger partial charge >= 0.3 is 0 Å². The first-order valence-electron chi connectivity index (χ1n) is 6.98. The summed E-state index contributed by atoms with van der Waals surface area (Å²) in [5.41, 5.74) is 7.96. The average Bonchev–Trinajstić information content (AvgIpc) is 2.52. The molecule has 0 fully saturated rings. The number of hydrogen-bond donors (Lipinski definition) is 1. The Bertz CT molecular complexity index is 627. The van der Waals surface area contributed by atoms with Gasteiger partial charge in [-0.1, -0.05) is 23.9 Å². The van der Waals surface area contributed by atoms with E-state index in [-0.39, 0.29) is 0 Å². The Morgan fingerprint density at radius 2 is 1.86 bits per heavy atom. The normalized spacial score (nSPS) is 11.3. The number of amidine groups is 1. The SMILES string of the molecule is COc1ccc(OCCSC(N)=Nc2cccc(C)c2)cc1. The fourth-order valence-electron chi connectivity index (χ4n) is 1.83. The first-order chi connectivity index (χ1) is 10.7. The van der Waals surface area contributed by atoms with Crippen LogP contribution in [0, 0.1) is 6.92 Å². The van der Waals surface area contributed by atoms with Crippen LogP contribution in [-0.2, 0) is 0 Å². The highest BCUT2D eigenvalue weighted by atomic mass is 32.2. The van der Waals surface area contributed by atoms with Crippen molar-refractivity contribution >= 4 is 22.6 Å². The van der Waals surface area contributed by atoms with E-state index in [1.165, 1.54) is 17.3 Å². The van der Waals surface area contributed by atoms with Crippen LogP contribution in [0.1, 0.15) is 5.56 Å². The van der Waals surface area contributed by atoms with Crippen LogP contribution in [0.4, 0.5) is 5.69 Å². The van der Waals surface area contributed by atoms with Crippen LogP contribution in [0.3, 0.4) is 0 Å². The third-order valence-electron chi connectivity index (χ3n) is 2.90. The van der Waals surface area contributed by atoms with E-state index in [0.29, 0.717) is 11.8 Å². The van der Waals surface area contributed by atoms with Crippen LogP contribution in [0.15, 0.2) is 53.5 Å². The number of aliphatic imine (C=N–C) groups is 1. The lowest BCUT2D eigenvalue weighted by Crippen LogP contribution is -2.10. The van der Waals surface area contributed by atoms with Gasteiger partial charge in [0.2, 0.25) is 0 Å². The van der Waals surface area contributed by atoms with Crippen molar-refractivity contribution in [2.75, 3.05) is 19.5 Å². The highest BCUT2D eigenvalue weighted by Crippen LogP contribution is 2.18. The molecule has 0 amide bonds. The molecule has 0 aliphatic carbocycles. The zero-order chi connectivity index (χ0) is 15.8. The molecule has 0 radical (unpaired) electrons. The van der Waals surface area contributed by atoms with Gasteiger partial charge in [-0.25, -0.2) is 4.99 Å². The van der Waals surface area contributed by atoms with Gasteiger partial charge in [-0.05, 0) is 48.9 Å². The van der Waals surface area contributed by atoms with Crippen LogP contribution in [0.25, 0.3) is 0 Å². The topological polar surface area (TPSA) is 56.8 Å². The molecule has 0 heterocycles. The second kappa shape index (κ2) is 8.34. The van der Waals surface area contributed by atoms with Crippen LogP contribution in [-0.4, -0.2) is 24.6 Å². The molecule has 2 N–H and O–H groups in total. The number of hydrogen-bond acceptors (Lipinski definition) is 4. The zero-order valence-electron chi connectivity index (χ0n) is 12.8. The maximum Gasteiger partial charge on any atom is 0.159 e. The zero-order valence-corrected chi connectivity index (χ0v) is 13.6. The van der Waals surface area contributed by atoms with E-state index in [0.717, 1.165) is 22.9 Å². The summed E-state index contributed by atoms with van der Waals surface area (Å²) in [6, 6.07) is 15.5. The van der Waals surface area contributed by atoms with Crippen molar-refractivity contribution in [2.45, 2.75) is 6.92 Å². The largest absolute Gasteiger partial charge is 0.497 e. The summed E-state index contributed by atoms with van der Waals surface area (Å²) in [6.45, 7) is 2.60. The number of thioether (sulfide) groups is 1. The second-order valence-electron chi connectivity index (χ2n) is 4.66. The highest BCUT2D eigenvalue weighted by Gasteiger charge is 1.98. The Morgan fingerprint density at radius 3 is 2.55 bits per heavy atom. The monoisotopic (exact) mass is 316 g/mol. The van der Waals surface area contributed by atoms with E-state index in [2.05, 4.69) is 4.99 Å². The molecule has 2 aromatic rings. The van der Waals surface area contributed by atoms with Gasteiger partial charge in [-0.2, -0.15) is 0 Å². The van der Waals surface area contributed by atoms with Gasteiger partial charge in [0, 0.05) is 5.75 Å². The molecule has 0 saturated carbocycles. The lowest BCUT2D eigenvalue weighted by atomic mass is 10.2. The molecule has 0 aliphatic rings. The van der Waals surface area contributed by atoms with Crippen molar-refractivity contribution in [3.63, 3.8) is 0 Å². The van der Waals surface area contributed by atoms with Crippen molar-refractivity contribution < 1.29 is 9.47 Å². The van der Waals surface area contributed by atoms with Gasteiger partial charge in [0.25, 0.3) is 0 Å². The molecule has 0 spiro atoms. The Labute approximate surface area is 135 Å². The third-order valence-corrected chi connectivity index (χ3v) is 3.66. The lowest BCUT2D eigenvalue weighted by molar-refractivity contribution is 0.343. The highest BCUT2D eigenvalue weighted by molar-refractivity contribution is 8.13. The van der Waals surface area contributed by atoms with Crippen LogP contribution >= 0.6 is 11.8 Å². The molecule has 4 nitrogen and oxygen atoms in total. The minimum Gasteiger partial charge on any atom is -0.497 e. The minimum atomic E-state index is 0.545. The maximum atomic E-state index is 5.91. The Balaban J connectivity index is 1.75. The number of ether oxygens (including phenoxy) is 2. The molecule has 116 valence electrons. The lowest BCUT2D eigenvalue weighted by Gasteiger charge is -2.06. The molecular formula is C17H20N2O2S. The fourth-order valence-corrected chi connectivity index (χ4v) is 2.38. The van der Waals surface area contributed by atoms with Crippen molar-refractivity contribution in [3.8, 4) is 11.5 Å². The van der Waals surface area contributed by atoms with Gasteiger partial charge in [0.05, 0.1) is 19.4 Å². The molecule has 0 bridgehead atoms. The van der Waals surface area contributed by atoms with E-state index in [1.807, 2.05) is 55.5 Å². The van der Waals surface area contributed by atoms with Gasteiger partial charge in [-0.3, -0.25) is 0 Å². The number of nitrogens with zero attached hydrogens (tertiary/aromatic N) is 1. The van der Waals surface area contributed by atoms with E-state index in [1.54, 1.807) is 7.11 Å².